The number of anilines is 1. The third-order valence-corrected chi connectivity index (χ3v) is 3.01. The molecule has 0 aromatic heterocycles. The summed E-state index contributed by atoms with van der Waals surface area (Å²) in [5.74, 6) is 0.0761. The molecule has 2 rings (SSSR count). The zero-order valence-corrected chi connectivity index (χ0v) is 12.2. The highest BCUT2D eigenvalue weighted by atomic mass is 19.1. The summed E-state index contributed by atoms with van der Waals surface area (Å²) < 4.78 is 18.4. The van der Waals surface area contributed by atoms with Crippen molar-refractivity contribution in [3.8, 4) is 5.75 Å². The molecule has 1 amide bonds. The molecule has 5 heteroatoms. The van der Waals surface area contributed by atoms with Crippen LogP contribution in [0.1, 0.15) is 11.1 Å². The lowest BCUT2D eigenvalue weighted by Gasteiger charge is -2.09. The third-order valence-electron chi connectivity index (χ3n) is 3.01. The van der Waals surface area contributed by atoms with Crippen LogP contribution in [-0.4, -0.2) is 13.0 Å². The number of nitrogens with two attached hydrogens (primary N) is 1. The molecule has 0 saturated carbocycles. The molecule has 22 heavy (non-hydrogen) atoms. The van der Waals surface area contributed by atoms with Gasteiger partial charge in [0.1, 0.15) is 18.2 Å². The van der Waals surface area contributed by atoms with Crippen LogP contribution in [0.4, 0.5) is 10.1 Å². The Morgan fingerprint density at radius 2 is 2.00 bits per heavy atom. The van der Waals surface area contributed by atoms with Gasteiger partial charge in [-0.3, -0.25) is 4.79 Å². The van der Waals surface area contributed by atoms with Crippen molar-refractivity contribution in [3.05, 3.63) is 65.5 Å². The van der Waals surface area contributed by atoms with Crippen LogP contribution < -0.4 is 15.8 Å². The van der Waals surface area contributed by atoms with E-state index in [-0.39, 0.29) is 11.7 Å². The summed E-state index contributed by atoms with van der Waals surface area (Å²) >= 11 is 0. The Morgan fingerprint density at radius 3 is 2.64 bits per heavy atom. The van der Waals surface area contributed by atoms with Crippen molar-refractivity contribution in [2.24, 2.45) is 0 Å². The van der Waals surface area contributed by atoms with Gasteiger partial charge in [0.25, 0.3) is 0 Å². The van der Waals surface area contributed by atoms with E-state index in [2.05, 4.69) is 5.32 Å². The van der Waals surface area contributed by atoms with E-state index in [1.54, 1.807) is 43.5 Å². The molecule has 0 atom stereocenters. The monoisotopic (exact) mass is 300 g/mol. The van der Waals surface area contributed by atoms with E-state index in [1.807, 2.05) is 0 Å². The summed E-state index contributed by atoms with van der Waals surface area (Å²) in [6.45, 7) is 0.303. The predicted molar refractivity (Wildman–Crippen MR) is 84.7 cm³/mol. The minimum atomic E-state index is -0.282. The van der Waals surface area contributed by atoms with Gasteiger partial charge in [-0.05, 0) is 41.5 Å². The molecule has 0 radical (unpaired) electrons. The Morgan fingerprint density at radius 1 is 1.27 bits per heavy atom. The Balaban J connectivity index is 2.02. The summed E-state index contributed by atoms with van der Waals surface area (Å²) in [6, 6.07) is 11.3. The van der Waals surface area contributed by atoms with Crippen molar-refractivity contribution < 1.29 is 13.9 Å². The van der Waals surface area contributed by atoms with Gasteiger partial charge in [0, 0.05) is 13.1 Å². The second-order valence-corrected chi connectivity index (χ2v) is 4.66. The molecule has 0 fully saturated rings. The van der Waals surface area contributed by atoms with Crippen molar-refractivity contribution in [2.45, 2.75) is 6.61 Å². The van der Waals surface area contributed by atoms with E-state index in [4.69, 9.17) is 10.5 Å². The molecule has 2 aromatic rings. The molecular weight excluding hydrogens is 283 g/mol. The molecule has 0 heterocycles. The SMILES string of the molecule is CNC(=O)/C=C\c1ccc(OCc2ccc(F)cc2)c(N)c1. The fourth-order valence-electron chi connectivity index (χ4n) is 1.80. The molecule has 0 spiro atoms. The van der Waals surface area contributed by atoms with Crippen molar-refractivity contribution in [2.75, 3.05) is 12.8 Å². The van der Waals surface area contributed by atoms with Crippen LogP contribution in [0.25, 0.3) is 6.08 Å². The number of carbonyl (C=O) groups is 1. The maximum absolute atomic E-state index is 12.8. The number of hydrogen-bond acceptors (Lipinski definition) is 3. The van der Waals surface area contributed by atoms with Crippen molar-refractivity contribution >= 4 is 17.7 Å². The highest BCUT2D eigenvalue weighted by Crippen LogP contribution is 2.24. The largest absolute Gasteiger partial charge is 0.487 e. The maximum Gasteiger partial charge on any atom is 0.243 e. The Labute approximate surface area is 128 Å². The summed E-state index contributed by atoms with van der Waals surface area (Å²) in [6.07, 6.45) is 3.09. The van der Waals surface area contributed by atoms with Gasteiger partial charge >= 0.3 is 0 Å². The third kappa shape index (κ3) is 4.34. The summed E-state index contributed by atoms with van der Waals surface area (Å²) in [5, 5.41) is 2.50. The number of likely N-dealkylation sites (N-methyl/N-ethyl adjacent to an activating group) is 1. The number of amides is 1. The van der Waals surface area contributed by atoms with Crippen LogP contribution >= 0.6 is 0 Å². The molecule has 114 valence electrons. The lowest BCUT2D eigenvalue weighted by molar-refractivity contribution is -0.115. The van der Waals surface area contributed by atoms with Gasteiger partial charge in [0.05, 0.1) is 5.69 Å². The Hall–Kier alpha value is -2.82. The number of rotatable bonds is 5. The molecule has 0 aliphatic carbocycles. The molecule has 0 bridgehead atoms. The second-order valence-electron chi connectivity index (χ2n) is 4.66. The molecule has 3 N–H and O–H groups in total. The quantitative estimate of drug-likeness (QED) is 0.659. The number of benzene rings is 2. The minimum Gasteiger partial charge on any atom is -0.487 e. The van der Waals surface area contributed by atoms with Gasteiger partial charge in [-0.25, -0.2) is 4.39 Å². The lowest BCUT2D eigenvalue weighted by Crippen LogP contribution is -2.13. The summed E-state index contributed by atoms with van der Waals surface area (Å²) in [7, 11) is 1.56. The fourth-order valence-corrected chi connectivity index (χ4v) is 1.80. The Bertz CT molecular complexity index is 682. The molecule has 0 aliphatic heterocycles. The van der Waals surface area contributed by atoms with Crippen LogP contribution in [0.5, 0.6) is 5.75 Å². The first-order chi connectivity index (χ1) is 10.6. The predicted octanol–water partition coefficient (Wildman–Crippen LogP) is 2.75. The lowest BCUT2D eigenvalue weighted by atomic mass is 10.1. The number of ether oxygens (including phenoxy) is 1. The normalized spacial score (nSPS) is 10.6. The van der Waals surface area contributed by atoms with Crippen molar-refractivity contribution in [3.63, 3.8) is 0 Å². The highest BCUT2D eigenvalue weighted by molar-refractivity contribution is 5.91. The number of halogens is 1. The van der Waals surface area contributed by atoms with Crippen LogP contribution in [0, 0.1) is 5.82 Å². The first-order valence-electron chi connectivity index (χ1n) is 6.75. The van der Waals surface area contributed by atoms with Gasteiger partial charge in [-0.2, -0.15) is 0 Å². The van der Waals surface area contributed by atoms with E-state index in [1.165, 1.54) is 18.2 Å². The smallest absolute Gasteiger partial charge is 0.243 e. The average molecular weight is 300 g/mol. The molecular formula is C17H17FN2O2. The van der Waals surface area contributed by atoms with Crippen LogP contribution in [0.3, 0.4) is 0 Å². The fraction of sp³-hybridized carbons (Fsp3) is 0.118. The van der Waals surface area contributed by atoms with Gasteiger partial charge in [0.15, 0.2) is 0 Å². The van der Waals surface area contributed by atoms with Gasteiger partial charge in [-0.15, -0.1) is 0 Å². The Kier molecular flexibility index (Phi) is 5.14. The van der Waals surface area contributed by atoms with Crippen LogP contribution in [-0.2, 0) is 11.4 Å². The average Bonchev–Trinajstić information content (AvgIpc) is 2.53. The second kappa shape index (κ2) is 7.26. The summed E-state index contributed by atoms with van der Waals surface area (Å²) in [4.78, 5) is 11.1. The zero-order chi connectivity index (χ0) is 15.9. The number of hydrogen-bond donors (Lipinski definition) is 2. The maximum atomic E-state index is 12.8. The van der Waals surface area contributed by atoms with E-state index in [0.29, 0.717) is 18.0 Å². The molecule has 2 aromatic carbocycles. The van der Waals surface area contributed by atoms with Crippen molar-refractivity contribution in [1.29, 1.82) is 0 Å². The van der Waals surface area contributed by atoms with E-state index in [0.717, 1.165) is 11.1 Å². The first-order valence-corrected chi connectivity index (χ1v) is 6.75. The van der Waals surface area contributed by atoms with Crippen molar-refractivity contribution in [1.82, 2.24) is 5.32 Å². The standard InChI is InChI=1S/C17H17FN2O2/c1-20-17(21)9-5-12-4-8-16(15(19)10-12)22-11-13-2-6-14(18)7-3-13/h2-10H,11,19H2,1H3,(H,20,21)/b9-5-. The minimum absolute atomic E-state index is 0.185. The van der Waals surface area contributed by atoms with Crippen LogP contribution in [0.15, 0.2) is 48.5 Å². The first kappa shape index (κ1) is 15.6. The van der Waals surface area contributed by atoms with E-state index >= 15 is 0 Å². The van der Waals surface area contributed by atoms with E-state index in [9.17, 15) is 9.18 Å². The summed E-state index contributed by atoms with van der Waals surface area (Å²) in [5.41, 5.74) is 8.05. The molecule has 0 aliphatic rings. The molecule has 4 nitrogen and oxygen atoms in total. The van der Waals surface area contributed by atoms with Crippen LogP contribution in [0.2, 0.25) is 0 Å². The van der Waals surface area contributed by atoms with Gasteiger partial charge < -0.3 is 15.8 Å². The number of carbonyl (C=O) groups excluding carboxylic acids is 1. The molecule has 0 saturated heterocycles. The zero-order valence-electron chi connectivity index (χ0n) is 12.2. The van der Waals surface area contributed by atoms with E-state index < -0.39 is 0 Å². The number of nitrogens with one attached hydrogen (secondary N) is 1. The molecule has 0 unspecified atom stereocenters. The topological polar surface area (TPSA) is 64.3 Å². The number of nitrogen functional groups attached to an aromatic ring is 1. The highest BCUT2D eigenvalue weighted by Gasteiger charge is 2.02. The van der Waals surface area contributed by atoms with Gasteiger partial charge in [0.2, 0.25) is 5.91 Å². The van der Waals surface area contributed by atoms with Gasteiger partial charge in [-0.1, -0.05) is 18.2 Å².